The van der Waals surface area contributed by atoms with Crippen LogP contribution in [0.3, 0.4) is 0 Å². The van der Waals surface area contributed by atoms with Gasteiger partial charge in [0.15, 0.2) is 0 Å². The van der Waals surface area contributed by atoms with Gasteiger partial charge in [-0.05, 0) is 102 Å². The number of carbonyl (C=O) groups excluding carboxylic acids is 3. The van der Waals surface area contributed by atoms with E-state index in [2.05, 4.69) is 20.9 Å². The van der Waals surface area contributed by atoms with Crippen molar-refractivity contribution in [3.05, 3.63) is 76.2 Å². The van der Waals surface area contributed by atoms with E-state index in [4.69, 9.17) is 14.2 Å². The number of aryl methyl sites for hydroxylation is 2. The van der Waals surface area contributed by atoms with Gasteiger partial charge in [0.2, 0.25) is 0 Å². The molecule has 0 bridgehead atoms. The summed E-state index contributed by atoms with van der Waals surface area (Å²) in [4.78, 5) is 55.7. The van der Waals surface area contributed by atoms with E-state index in [0.29, 0.717) is 63.4 Å². The lowest BCUT2D eigenvalue weighted by Crippen LogP contribution is -2.31. The predicted molar refractivity (Wildman–Crippen MR) is 187 cm³/mol. The van der Waals surface area contributed by atoms with Crippen molar-refractivity contribution in [2.45, 2.75) is 73.5 Å². The lowest BCUT2D eigenvalue weighted by atomic mass is 9.99. The molecule has 0 aliphatic heterocycles. The number of amides is 3. The molecule has 0 aliphatic rings. The van der Waals surface area contributed by atoms with Crippen LogP contribution in [-0.2, 0) is 14.3 Å². The van der Waals surface area contributed by atoms with Crippen molar-refractivity contribution in [2.75, 3.05) is 29.2 Å². The van der Waals surface area contributed by atoms with Gasteiger partial charge in [-0.15, -0.1) is 0 Å². The molecule has 12 heteroatoms. The molecule has 2 heterocycles. The number of benzene rings is 2. The fourth-order valence-corrected chi connectivity index (χ4v) is 5.26. The molecular formula is C36H43N5O7. The third kappa shape index (κ3) is 8.90. The van der Waals surface area contributed by atoms with Crippen molar-refractivity contribution in [2.24, 2.45) is 0 Å². The molecule has 0 radical (unpaired) electrons. The van der Waals surface area contributed by atoms with E-state index < -0.39 is 23.3 Å². The summed E-state index contributed by atoms with van der Waals surface area (Å²) in [5.74, 6) is 0.192. The normalized spacial score (nSPS) is 11.3. The summed E-state index contributed by atoms with van der Waals surface area (Å²) >= 11 is 0. The number of aromatic nitrogens is 2. The Morgan fingerprint density at radius 3 is 2.25 bits per heavy atom. The van der Waals surface area contributed by atoms with Crippen molar-refractivity contribution >= 4 is 46.2 Å². The number of nitrogens with one attached hydrogen (secondary N) is 3. The first kappa shape index (κ1) is 35.5. The molecule has 0 unspecified atom stereocenters. The molecule has 3 amide bonds. The van der Waals surface area contributed by atoms with Gasteiger partial charge in [-0.1, -0.05) is 12.1 Å². The third-order valence-corrected chi connectivity index (χ3v) is 7.12. The van der Waals surface area contributed by atoms with Crippen LogP contribution in [0.25, 0.3) is 22.2 Å². The quantitative estimate of drug-likeness (QED) is 0.117. The van der Waals surface area contributed by atoms with E-state index in [1.165, 1.54) is 6.92 Å². The number of pyridine rings is 2. The predicted octanol–water partition coefficient (Wildman–Crippen LogP) is 7.58. The summed E-state index contributed by atoms with van der Waals surface area (Å²) in [6.07, 6.45) is 1.54. The Balaban J connectivity index is 1.69. The van der Waals surface area contributed by atoms with Crippen LogP contribution in [0.1, 0.15) is 65.1 Å². The summed E-state index contributed by atoms with van der Waals surface area (Å²) in [5.41, 5.74) is 3.04. The van der Waals surface area contributed by atoms with E-state index >= 15 is 0 Å². The van der Waals surface area contributed by atoms with Crippen LogP contribution < -0.4 is 26.2 Å². The Kier molecular flexibility index (Phi) is 11.1. The van der Waals surface area contributed by atoms with Gasteiger partial charge in [0.1, 0.15) is 22.7 Å². The van der Waals surface area contributed by atoms with Gasteiger partial charge in [0.25, 0.3) is 5.56 Å². The Morgan fingerprint density at radius 2 is 1.60 bits per heavy atom. The van der Waals surface area contributed by atoms with Gasteiger partial charge >= 0.3 is 18.1 Å². The molecule has 0 fully saturated rings. The van der Waals surface area contributed by atoms with Crippen LogP contribution in [0.2, 0.25) is 0 Å². The Labute approximate surface area is 279 Å². The Bertz CT molecular complexity index is 1870. The number of hydrogen-bond acceptors (Lipinski definition) is 8. The van der Waals surface area contributed by atoms with Crippen LogP contribution >= 0.6 is 0 Å². The zero-order valence-electron chi connectivity index (χ0n) is 28.6. The molecule has 12 nitrogen and oxygen atoms in total. The highest BCUT2D eigenvalue weighted by Gasteiger charge is 2.23. The lowest BCUT2D eigenvalue weighted by molar-refractivity contribution is -0.141. The molecule has 2 aromatic carbocycles. The third-order valence-electron chi connectivity index (χ3n) is 7.12. The summed E-state index contributed by atoms with van der Waals surface area (Å²) in [6.45, 7) is 14.6. The van der Waals surface area contributed by atoms with Crippen molar-refractivity contribution in [3.8, 4) is 16.9 Å². The second kappa shape index (κ2) is 15.0. The van der Waals surface area contributed by atoms with Gasteiger partial charge in [-0.25, -0.2) is 14.6 Å². The van der Waals surface area contributed by atoms with Gasteiger partial charge in [-0.2, -0.15) is 0 Å². The molecule has 2 aromatic heterocycles. The fraction of sp³-hybridized carbons (Fsp3) is 0.361. The highest BCUT2D eigenvalue weighted by Crippen LogP contribution is 2.35. The minimum Gasteiger partial charge on any atom is -0.493 e. The maximum absolute atomic E-state index is 14.1. The molecule has 0 saturated carbocycles. The topological polar surface area (TPSA) is 150 Å². The van der Waals surface area contributed by atoms with E-state index in [1.807, 2.05) is 26.0 Å². The number of carbonyl (C=O) groups is 3. The average Bonchev–Trinajstić information content (AvgIpc) is 2.98. The Morgan fingerprint density at radius 1 is 0.917 bits per heavy atom. The molecular weight excluding hydrogens is 614 g/mol. The Hall–Kier alpha value is -5.39. The maximum atomic E-state index is 14.1. The van der Waals surface area contributed by atoms with Crippen LogP contribution in [0.5, 0.6) is 5.75 Å². The smallest absolute Gasteiger partial charge is 0.412 e. The van der Waals surface area contributed by atoms with Crippen molar-refractivity contribution in [1.82, 2.24) is 9.55 Å². The number of esters is 1. The number of hydrogen-bond donors (Lipinski definition) is 3. The SMILES string of the molecule is CC(=O)OCCCOc1cccc(-c2c(NC(=O)Nc3c(C)cc(NC(=O)OC(C)(C)C)cc3C)c(=O)n(C(C)C)c3ncccc23)c1. The van der Waals surface area contributed by atoms with Gasteiger partial charge < -0.3 is 24.8 Å². The van der Waals surface area contributed by atoms with Gasteiger partial charge in [0, 0.05) is 47.9 Å². The zero-order valence-corrected chi connectivity index (χ0v) is 28.6. The monoisotopic (exact) mass is 657 g/mol. The first-order chi connectivity index (χ1) is 22.6. The molecule has 254 valence electrons. The zero-order chi connectivity index (χ0) is 35.2. The standard InChI is InChI=1S/C36H43N5O7/c1-21(2)41-32-28(14-10-15-37-32)29(25-12-9-13-27(20-25)47-17-11-16-46-24(5)42)31(33(41)43)40-34(44)39-30-22(3)18-26(19-23(30)4)38-35(45)48-36(6,7)8/h9-10,12-15,18-21H,11,16-17H2,1-8H3,(H,38,45)(H2,39,40,44). The molecule has 4 rings (SSSR count). The summed E-state index contributed by atoms with van der Waals surface area (Å²) in [6, 6.07) is 13.4. The van der Waals surface area contributed by atoms with E-state index in [9.17, 15) is 19.2 Å². The second-order valence-electron chi connectivity index (χ2n) is 12.7. The van der Waals surface area contributed by atoms with Crippen molar-refractivity contribution < 1.29 is 28.6 Å². The molecule has 48 heavy (non-hydrogen) atoms. The molecule has 0 atom stereocenters. The number of nitrogens with zero attached hydrogens (tertiary/aromatic N) is 2. The van der Waals surface area contributed by atoms with Crippen molar-refractivity contribution in [3.63, 3.8) is 0 Å². The molecule has 0 aliphatic carbocycles. The van der Waals surface area contributed by atoms with Crippen LogP contribution in [0, 0.1) is 13.8 Å². The van der Waals surface area contributed by atoms with Crippen LogP contribution in [0.15, 0.2) is 59.5 Å². The minimum absolute atomic E-state index is 0.0761. The van der Waals surface area contributed by atoms with Gasteiger partial charge in [0.05, 0.1) is 13.2 Å². The minimum atomic E-state index is -0.652. The number of urea groups is 1. The van der Waals surface area contributed by atoms with Gasteiger partial charge in [-0.3, -0.25) is 19.5 Å². The maximum Gasteiger partial charge on any atom is 0.412 e. The number of rotatable bonds is 10. The number of fused-ring (bicyclic) bond motifs is 1. The van der Waals surface area contributed by atoms with E-state index in [-0.39, 0.29) is 24.3 Å². The largest absolute Gasteiger partial charge is 0.493 e. The first-order valence-corrected chi connectivity index (χ1v) is 15.7. The van der Waals surface area contributed by atoms with E-state index in [0.717, 1.165) is 0 Å². The average molecular weight is 658 g/mol. The molecule has 0 saturated heterocycles. The summed E-state index contributed by atoms with van der Waals surface area (Å²) in [7, 11) is 0. The fourth-order valence-electron chi connectivity index (χ4n) is 5.26. The lowest BCUT2D eigenvalue weighted by Gasteiger charge is -2.21. The second-order valence-corrected chi connectivity index (χ2v) is 12.7. The van der Waals surface area contributed by atoms with E-state index in [1.54, 1.807) is 81.8 Å². The first-order valence-electron chi connectivity index (χ1n) is 15.7. The summed E-state index contributed by atoms with van der Waals surface area (Å²) in [5, 5.41) is 9.12. The molecule has 3 N–H and O–H groups in total. The number of anilines is 3. The molecule has 4 aromatic rings. The summed E-state index contributed by atoms with van der Waals surface area (Å²) < 4.78 is 17.8. The highest BCUT2D eigenvalue weighted by atomic mass is 16.6. The van der Waals surface area contributed by atoms with Crippen molar-refractivity contribution in [1.29, 1.82) is 0 Å². The van der Waals surface area contributed by atoms with Crippen LogP contribution in [-0.4, -0.2) is 46.5 Å². The highest BCUT2D eigenvalue weighted by molar-refractivity contribution is 6.08. The van der Waals surface area contributed by atoms with Crippen LogP contribution in [0.4, 0.5) is 26.7 Å². The number of ether oxygens (including phenoxy) is 3. The molecule has 0 spiro atoms.